The molecule has 0 aliphatic carbocycles. The highest BCUT2D eigenvalue weighted by Crippen LogP contribution is 2.25. The van der Waals surface area contributed by atoms with Crippen molar-refractivity contribution in [1.29, 1.82) is 0 Å². The van der Waals surface area contributed by atoms with Gasteiger partial charge in [-0.1, -0.05) is 0 Å². The number of rotatable bonds is 1. The molecule has 0 radical (unpaired) electrons. The Kier molecular flexibility index (Phi) is 2.68. The van der Waals surface area contributed by atoms with Crippen molar-refractivity contribution in [1.82, 2.24) is 19.9 Å². The molecule has 17 heavy (non-hydrogen) atoms. The lowest BCUT2D eigenvalue weighted by Crippen LogP contribution is -1.86. The van der Waals surface area contributed by atoms with Gasteiger partial charge in [0, 0.05) is 21.3 Å². The molecule has 0 bridgehead atoms. The van der Waals surface area contributed by atoms with E-state index < -0.39 is 0 Å². The molecule has 0 aliphatic heterocycles. The van der Waals surface area contributed by atoms with Crippen molar-refractivity contribution in [3.8, 4) is 11.5 Å². The number of nitrogens with one attached hydrogen (secondary N) is 1. The Hall–Kier alpha value is -1.27. The fourth-order valence-electron chi connectivity index (χ4n) is 1.55. The zero-order valence-electron chi connectivity index (χ0n) is 8.48. The first-order valence-electron chi connectivity index (χ1n) is 4.86. The molecule has 3 rings (SSSR count). The van der Waals surface area contributed by atoms with Crippen molar-refractivity contribution < 1.29 is 0 Å². The third-order valence-corrected chi connectivity index (χ3v) is 3.36. The third kappa shape index (κ3) is 1.98. The highest BCUT2D eigenvalue weighted by Gasteiger charge is 2.10. The van der Waals surface area contributed by atoms with Crippen LogP contribution in [0.1, 0.15) is 0 Å². The highest BCUT2D eigenvalue weighted by atomic mass is 79.9. The van der Waals surface area contributed by atoms with Crippen LogP contribution in [0.3, 0.4) is 0 Å². The molecule has 0 unspecified atom stereocenters. The van der Waals surface area contributed by atoms with Gasteiger partial charge in [-0.15, -0.1) is 0 Å². The molecule has 3 aromatic heterocycles. The Morgan fingerprint density at radius 1 is 1.18 bits per heavy atom. The van der Waals surface area contributed by atoms with Crippen LogP contribution in [-0.4, -0.2) is 19.9 Å². The Balaban J connectivity index is 2.22. The molecule has 0 aliphatic rings. The van der Waals surface area contributed by atoms with Crippen LogP contribution in [-0.2, 0) is 0 Å². The summed E-state index contributed by atoms with van der Waals surface area (Å²) >= 11 is 6.83. The summed E-state index contributed by atoms with van der Waals surface area (Å²) in [7, 11) is 0. The van der Waals surface area contributed by atoms with Crippen LogP contribution in [0.2, 0.25) is 0 Å². The second-order valence-electron chi connectivity index (χ2n) is 3.44. The van der Waals surface area contributed by atoms with E-state index in [2.05, 4.69) is 51.8 Å². The third-order valence-electron chi connectivity index (χ3n) is 2.29. The van der Waals surface area contributed by atoms with Gasteiger partial charge in [0.2, 0.25) is 0 Å². The van der Waals surface area contributed by atoms with E-state index in [4.69, 9.17) is 0 Å². The number of hydrogen-bond acceptors (Lipinski definition) is 3. The monoisotopic (exact) mass is 352 g/mol. The number of H-pyrrole nitrogens is 1. The summed E-state index contributed by atoms with van der Waals surface area (Å²) in [6.07, 6.45) is 3.46. The first-order valence-corrected chi connectivity index (χ1v) is 6.45. The fraction of sp³-hybridized carbons (Fsp3) is 0. The van der Waals surface area contributed by atoms with Crippen molar-refractivity contribution >= 4 is 43.0 Å². The number of aromatic amines is 1. The molecule has 0 saturated heterocycles. The zero-order chi connectivity index (χ0) is 11.8. The molecule has 3 heterocycles. The number of hydrogen-bond donors (Lipinski definition) is 1. The molecular weight excluding hydrogens is 348 g/mol. The summed E-state index contributed by atoms with van der Waals surface area (Å²) in [5.41, 5.74) is 2.34. The van der Waals surface area contributed by atoms with E-state index in [1.807, 2.05) is 18.2 Å². The average molecular weight is 354 g/mol. The number of nitrogens with zero attached hydrogens (tertiary/aromatic N) is 3. The van der Waals surface area contributed by atoms with Crippen LogP contribution in [0.25, 0.3) is 22.7 Å². The Morgan fingerprint density at radius 2 is 2.06 bits per heavy atom. The van der Waals surface area contributed by atoms with Crippen molar-refractivity contribution in [3.63, 3.8) is 0 Å². The number of halogens is 2. The number of imidazole rings is 1. The maximum absolute atomic E-state index is 4.40. The molecule has 4 nitrogen and oxygen atoms in total. The van der Waals surface area contributed by atoms with Gasteiger partial charge in [0.05, 0.1) is 5.52 Å². The first kappa shape index (κ1) is 10.9. The molecule has 1 N–H and O–H groups in total. The highest BCUT2D eigenvalue weighted by molar-refractivity contribution is 9.10. The molecular formula is C11H6Br2N4. The fourth-order valence-corrected chi connectivity index (χ4v) is 2.32. The Bertz CT molecular complexity index is 693. The lowest BCUT2D eigenvalue weighted by Gasteiger charge is -1.97. The SMILES string of the molecule is Brc1cnc2nc(-c3ncccc3Br)[nH]c2c1. The topological polar surface area (TPSA) is 54.5 Å². The smallest absolute Gasteiger partial charge is 0.178 e. The second-order valence-corrected chi connectivity index (χ2v) is 5.21. The van der Waals surface area contributed by atoms with Crippen LogP contribution in [0.15, 0.2) is 39.5 Å². The first-order chi connectivity index (χ1) is 8.24. The van der Waals surface area contributed by atoms with Crippen molar-refractivity contribution in [2.24, 2.45) is 0 Å². The minimum Gasteiger partial charge on any atom is -0.335 e. The summed E-state index contributed by atoms with van der Waals surface area (Å²) in [5.74, 6) is 0.707. The quantitative estimate of drug-likeness (QED) is 0.727. The molecule has 3 aromatic rings. The predicted octanol–water partition coefficient (Wildman–Crippen LogP) is 3.54. The maximum atomic E-state index is 4.40. The van der Waals surface area contributed by atoms with Gasteiger partial charge >= 0.3 is 0 Å². The summed E-state index contributed by atoms with van der Waals surface area (Å²) in [6.45, 7) is 0. The molecule has 0 atom stereocenters. The van der Waals surface area contributed by atoms with Gasteiger partial charge in [0.15, 0.2) is 11.5 Å². The normalized spacial score (nSPS) is 10.9. The maximum Gasteiger partial charge on any atom is 0.178 e. The van der Waals surface area contributed by atoms with E-state index in [9.17, 15) is 0 Å². The minimum atomic E-state index is 0.681. The van der Waals surface area contributed by atoms with E-state index >= 15 is 0 Å². The van der Waals surface area contributed by atoms with Crippen LogP contribution in [0.4, 0.5) is 0 Å². The van der Waals surface area contributed by atoms with Crippen LogP contribution in [0, 0.1) is 0 Å². The Labute approximate surface area is 114 Å². The Morgan fingerprint density at radius 3 is 2.88 bits per heavy atom. The molecule has 6 heteroatoms. The number of aromatic nitrogens is 4. The molecule has 0 amide bonds. The molecule has 0 fully saturated rings. The number of fused-ring (bicyclic) bond motifs is 1. The average Bonchev–Trinajstić information content (AvgIpc) is 2.72. The summed E-state index contributed by atoms with van der Waals surface area (Å²) < 4.78 is 1.82. The van der Waals surface area contributed by atoms with E-state index in [0.717, 1.165) is 20.2 Å². The van der Waals surface area contributed by atoms with Gasteiger partial charge in [-0.05, 0) is 50.1 Å². The van der Waals surface area contributed by atoms with Crippen molar-refractivity contribution in [3.05, 3.63) is 39.5 Å². The van der Waals surface area contributed by atoms with E-state index in [0.29, 0.717) is 11.5 Å². The lowest BCUT2D eigenvalue weighted by molar-refractivity contribution is 1.22. The van der Waals surface area contributed by atoms with E-state index in [-0.39, 0.29) is 0 Å². The zero-order valence-corrected chi connectivity index (χ0v) is 11.7. The van der Waals surface area contributed by atoms with Crippen molar-refractivity contribution in [2.45, 2.75) is 0 Å². The van der Waals surface area contributed by atoms with Crippen LogP contribution >= 0.6 is 31.9 Å². The molecule has 0 saturated carbocycles. The summed E-state index contributed by atoms with van der Waals surface area (Å²) in [4.78, 5) is 16.1. The van der Waals surface area contributed by atoms with E-state index in [1.165, 1.54) is 0 Å². The van der Waals surface area contributed by atoms with Gasteiger partial charge in [-0.25, -0.2) is 9.97 Å². The van der Waals surface area contributed by atoms with Gasteiger partial charge in [0.1, 0.15) is 5.69 Å². The molecule has 84 valence electrons. The standard InChI is InChI=1S/C11H6Br2N4/c12-6-4-8-10(15-5-6)17-11(16-8)9-7(13)2-1-3-14-9/h1-5H,(H,15,16,17). The van der Waals surface area contributed by atoms with Gasteiger partial charge in [-0.3, -0.25) is 4.98 Å². The minimum absolute atomic E-state index is 0.681. The van der Waals surface area contributed by atoms with Gasteiger partial charge in [0.25, 0.3) is 0 Å². The van der Waals surface area contributed by atoms with Gasteiger partial charge < -0.3 is 4.98 Å². The van der Waals surface area contributed by atoms with Crippen LogP contribution in [0.5, 0.6) is 0 Å². The number of pyridine rings is 2. The molecule has 0 aromatic carbocycles. The second kappa shape index (κ2) is 4.19. The van der Waals surface area contributed by atoms with Gasteiger partial charge in [-0.2, -0.15) is 0 Å². The lowest BCUT2D eigenvalue weighted by atomic mass is 10.3. The predicted molar refractivity (Wildman–Crippen MR) is 72.5 cm³/mol. The van der Waals surface area contributed by atoms with E-state index in [1.54, 1.807) is 12.4 Å². The largest absolute Gasteiger partial charge is 0.335 e. The summed E-state index contributed by atoms with van der Waals surface area (Å²) in [6, 6.07) is 5.74. The molecule has 0 spiro atoms. The van der Waals surface area contributed by atoms with Crippen molar-refractivity contribution in [2.75, 3.05) is 0 Å². The van der Waals surface area contributed by atoms with Crippen LogP contribution < -0.4 is 0 Å². The summed E-state index contributed by atoms with van der Waals surface area (Å²) in [5, 5.41) is 0.